The third-order valence-corrected chi connectivity index (χ3v) is 10.5. The fourth-order valence-corrected chi connectivity index (χ4v) is 9.86. The first-order valence-corrected chi connectivity index (χ1v) is 14.5. The molecule has 196 valence electrons. The molecule has 8 rings (SSSR count). The van der Waals surface area contributed by atoms with Gasteiger partial charge in [-0.05, 0) is 119 Å². The minimum Gasteiger partial charge on any atom is -0.462 e. The first-order chi connectivity index (χ1) is 17.0. The summed E-state index contributed by atoms with van der Waals surface area (Å²) in [6, 6.07) is 0. The molecule has 8 bridgehead atoms. The second kappa shape index (κ2) is 9.63. The highest BCUT2D eigenvalue weighted by Crippen LogP contribution is 2.61. The lowest BCUT2D eigenvalue weighted by Crippen LogP contribution is -2.51. The zero-order valence-corrected chi connectivity index (χ0v) is 21.5. The number of ether oxygens (including phenoxy) is 4. The smallest absolute Gasteiger partial charge is 0.312 e. The Kier molecular flexibility index (Phi) is 6.66. The number of rotatable bonds is 11. The average Bonchev–Trinajstić information content (AvgIpc) is 2.81. The maximum Gasteiger partial charge on any atom is 0.312 e. The van der Waals surface area contributed by atoms with Crippen molar-refractivity contribution in [1.82, 2.24) is 0 Å². The standard InChI is InChI=1S/C29H44O6/c1-2-3-32-18-35-25(16-33-26(30)28-10-19-4-20(11-28)6-21(5-19)12-28)17-34-27(31)29-13-22-7-23(14-29)9-24(8-22)15-29/h19-25H,2-18H2,1H3. The van der Waals surface area contributed by atoms with Crippen molar-refractivity contribution in [3.63, 3.8) is 0 Å². The van der Waals surface area contributed by atoms with Crippen molar-refractivity contribution < 1.29 is 28.5 Å². The minimum atomic E-state index is -0.484. The summed E-state index contributed by atoms with van der Waals surface area (Å²) in [5.41, 5.74) is -0.568. The van der Waals surface area contributed by atoms with E-state index in [1.54, 1.807) is 0 Å². The molecule has 0 heterocycles. The van der Waals surface area contributed by atoms with E-state index in [2.05, 4.69) is 6.92 Å². The molecule has 8 saturated carbocycles. The molecule has 0 atom stereocenters. The highest BCUT2D eigenvalue weighted by molar-refractivity contribution is 5.78. The van der Waals surface area contributed by atoms with Crippen LogP contribution in [0.5, 0.6) is 0 Å². The first kappa shape index (κ1) is 24.2. The Morgan fingerprint density at radius 2 is 1.06 bits per heavy atom. The summed E-state index contributed by atoms with van der Waals surface area (Å²) in [7, 11) is 0. The third-order valence-electron chi connectivity index (χ3n) is 10.5. The van der Waals surface area contributed by atoms with Crippen LogP contribution in [0.4, 0.5) is 0 Å². The van der Waals surface area contributed by atoms with E-state index in [0.29, 0.717) is 42.1 Å². The predicted molar refractivity (Wildman–Crippen MR) is 129 cm³/mol. The van der Waals surface area contributed by atoms with E-state index in [9.17, 15) is 9.59 Å². The van der Waals surface area contributed by atoms with Crippen LogP contribution in [-0.4, -0.2) is 44.7 Å². The Morgan fingerprint density at radius 3 is 1.40 bits per heavy atom. The SMILES string of the molecule is CCCOCOC(COC(=O)C12CC3CC(CC(C3)C1)C2)COC(=O)C12CC3CC(CC(C3)C1)C2. The Morgan fingerprint density at radius 1 is 0.686 bits per heavy atom. The number of hydrogen-bond acceptors (Lipinski definition) is 6. The third kappa shape index (κ3) is 4.79. The van der Waals surface area contributed by atoms with Gasteiger partial charge in [0.1, 0.15) is 26.1 Å². The molecule has 0 aromatic rings. The molecule has 35 heavy (non-hydrogen) atoms. The van der Waals surface area contributed by atoms with Gasteiger partial charge in [-0.15, -0.1) is 0 Å². The normalized spacial score (nSPS) is 43.3. The van der Waals surface area contributed by atoms with Gasteiger partial charge in [-0.3, -0.25) is 9.59 Å². The molecule has 0 unspecified atom stereocenters. The van der Waals surface area contributed by atoms with Crippen LogP contribution >= 0.6 is 0 Å². The zero-order chi connectivity index (χ0) is 24.0. The summed E-state index contributed by atoms with van der Waals surface area (Å²) < 4.78 is 23.3. The van der Waals surface area contributed by atoms with Gasteiger partial charge in [-0.1, -0.05) is 6.92 Å². The zero-order valence-electron chi connectivity index (χ0n) is 21.5. The number of carbonyl (C=O) groups is 2. The fourth-order valence-electron chi connectivity index (χ4n) is 9.86. The van der Waals surface area contributed by atoms with Gasteiger partial charge in [0.05, 0.1) is 10.8 Å². The summed E-state index contributed by atoms with van der Waals surface area (Å²) in [6.07, 6.45) is 14.2. The van der Waals surface area contributed by atoms with Gasteiger partial charge < -0.3 is 18.9 Å². The van der Waals surface area contributed by atoms with Crippen molar-refractivity contribution in [3.05, 3.63) is 0 Å². The van der Waals surface area contributed by atoms with Gasteiger partial charge in [-0.2, -0.15) is 0 Å². The fraction of sp³-hybridized carbons (Fsp3) is 0.931. The average molecular weight is 489 g/mol. The molecule has 6 nitrogen and oxygen atoms in total. The second-order valence-electron chi connectivity index (χ2n) is 13.4. The summed E-state index contributed by atoms with van der Waals surface area (Å²) >= 11 is 0. The first-order valence-electron chi connectivity index (χ1n) is 14.5. The largest absolute Gasteiger partial charge is 0.462 e. The molecule has 0 aromatic carbocycles. The van der Waals surface area contributed by atoms with Crippen molar-refractivity contribution in [2.75, 3.05) is 26.6 Å². The van der Waals surface area contributed by atoms with Gasteiger partial charge >= 0.3 is 11.9 Å². The lowest BCUT2D eigenvalue weighted by molar-refractivity contribution is -0.188. The molecule has 8 aliphatic carbocycles. The molecule has 0 amide bonds. The molecule has 0 aromatic heterocycles. The van der Waals surface area contributed by atoms with E-state index in [4.69, 9.17) is 18.9 Å². The summed E-state index contributed by atoms with van der Waals surface area (Å²) in [5.74, 6) is 4.09. The monoisotopic (exact) mass is 488 g/mol. The molecule has 0 spiro atoms. The quantitative estimate of drug-likeness (QED) is 0.224. The van der Waals surface area contributed by atoms with Gasteiger partial charge in [0.25, 0.3) is 0 Å². The van der Waals surface area contributed by atoms with Crippen LogP contribution in [-0.2, 0) is 28.5 Å². The van der Waals surface area contributed by atoms with Gasteiger partial charge in [0, 0.05) is 6.61 Å². The van der Waals surface area contributed by atoms with Crippen LogP contribution in [0.1, 0.15) is 90.4 Å². The van der Waals surface area contributed by atoms with Crippen LogP contribution in [0.2, 0.25) is 0 Å². The van der Waals surface area contributed by atoms with E-state index in [1.165, 1.54) is 38.5 Å². The van der Waals surface area contributed by atoms with E-state index >= 15 is 0 Å². The summed E-state index contributed by atoms with van der Waals surface area (Å²) in [4.78, 5) is 26.7. The van der Waals surface area contributed by atoms with Crippen molar-refractivity contribution in [3.8, 4) is 0 Å². The van der Waals surface area contributed by atoms with E-state index in [1.807, 2.05) is 0 Å². The molecular weight excluding hydrogens is 444 g/mol. The molecule has 0 N–H and O–H groups in total. The van der Waals surface area contributed by atoms with Crippen LogP contribution < -0.4 is 0 Å². The summed E-state index contributed by atoms with van der Waals surface area (Å²) in [6.45, 7) is 3.06. The van der Waals surface area contributed by atoms with E-state index in [-0.39, 0.29) is 42.8 Å². The highest BCUT2D eigenvalue weighted by atomic mass is 16.7. The summed E-state index contributed by atoms with van der Waals surface area (Å²) in [5, 5.41) is 0. The van der Waals surface area contributed by atoms with Crippen molar-refractivity contribution >= 4 is 11.9 Å². The van der Waals surface area contributed by atoms with Crippen LogP contribution in [0.15, 0.2) is 0 Å². The molecule has 0 radical (unpaired) electrons. The minimum absolute atomic E-state index is 0.0490. The molecule has 8 aliphatic rings. The number of esters is 2. The van der Waals surface area contributed by atoms with Crippen molar-refractivity contribution in [2.45, 2.75) is 96.5 Å². The van der Waals surface area contributed by atoms with Gasteiger partial charge in [0.2, 0.25) is 0 Å². The predicted octanol–water partition coefficient (Wildman–Crippen LogP) is 5.27. The maximum atomic E-state index is 13.3. The number of hydrogen-bond donors (Lipinski definition) is 0. The molecule has 0 aliphatic heterocycles. The Balaban J connectivity index is 1.05. The van der Waals surface area contributed by atoms with E-state index < -0.39 is 6.10 Å². The van der Waals surface area contributed by atoms with Crippen LogP contribution in [0, 0.1) is 46.3 Å². The topological polar surface area (TPSA) is 71.1 Å². The highest BCUT2D eigenvalue weighted by Gasteiger charge is 2.57. The number of carbonyl (C=O) groups excluding carboxylic acids is 2. The molecular formula is C29H44O6. The van der Waals surface area contributed by atoms with Crippen LogP contribution in [0.25, 0.3) is 0 Å². The van der Waals surface area contributed by atoms with Gasteiger partial charge in [-0.25, -0.2) is 0 Å². The van der Waals surface area contributed by atoms with E-state index in [0.717, 1.165) is 44.9 Å². The molecule has 8 fully saturated rings. The molecule has 6 heteroatoms. The lowest BCUT2D eigenvalue weighted by atomic mass is 9.49. The Bertz CT molecular complexity index is 674. The van der Waals surface area contributed by atoms with Crippen LogP contribution in [0.3, 0.4) is 0 Å². The van der Waals surface area contributed by atoms with Crippen molar-refractivity contribution in [1.29, 1.82) is 0 Å². The second-order valence-corrected chi connectivity index (χ2v) is 13.4. The van der Waals surface area contributed by atoms with Crippen molar-refractivity contribution in [2.24, 2.45) is 46.3 Å². The Labute approximate surface area is 210 Å². The lowest BCUT2D eigenvalue weighted by Gasteiger charge is -2.55. The van der Waals surface area contributed by atoms with Gasteiger partial charge in [0.15, 0.2) is 0 Å². The molecule has 0 saturated heterocycles. The maximum absolute atomic E-state index is 13.3. The Hall–Kier alpha value is -1.14.